The van der Waals surface area contributed by atoms with Gasteiger partial charge in [0.1, 0.15) is 21.5 Å². The number of hydrogen-bond donors (Lipinski definition) is 1. The van der Waals surface area contributed by atoms with Crippen molar-refractivity contribution in [3.8, 4) is 0 Å². The van der Waals surface area contributed by atoms with Crippen molar-refractivity contribution < 1.29 is 17.2 Å². The van der Waals surface area contributed by atoms with E-state index < -0.39 is 21.5 Å². The Bertz CT molecular complexity index is 607. The Balaban J connectivity index is 2.12. The average molecular weight is 368 g/mol. The first-order valence-electron chi connectivity index (χ1n) is 6.37. The lowest BCUT2D eigenvalue weighted by Crippen LogP contribution is -2.34. The highest BCUT2D eigenvalue weighted by Gasteiger charge is 2.29. The zero-order valence-electron chi connectivity index (χ0n) is 11.0. The van der Waals surface area contributed by atoms with Gasteiger partial charge in [-0.2, -0.15) is 0 Å². The smallest absolute Gasteiger partial charge is 0.150 e. The van der Waals surface area contributed by atoms with Crippen LogP contribution in [0.1, 0.15) is 25.7 Å². The largest absolute Gasteiger partial charge is 0.380 e. The van der Waals surface area contributed by atoms with Crippen LogP contribution in [-0.4, -0.2) is 26.0 Å². The average Bonchev–Trinajstić information content (AvgIpc) is 2.35. The Labute approximate surface area is 125 Å². The van der Waals surface area contributed by atoms with E-state index in [0.29, 0.717) is 12.8 Å². The summed E-state index contributed by atoms with van der Waals surface area (Å²) < 4.78 is 50.2. The Kier molecular flexibility index (Phi) is 4.69. The van der Waals surface area contributed by atoms with E-state index >= 15 is 0 Å². The van der Waals surface area contributed by atoms with Crippen molar-refractivity contribution in [2.24, 2.45) is 0 Å². The summed E-state index contributed by atoms with van der Waals surface area (Å²) in [4.78, 5) is 0. The Morgan fingerprint density at radius 1 is 1.25 bits per heavy atom. The lowest BCUT2D eigenvalue weighted by Gasteiger charge is -2.29. The van der Waals surface area contributed by atoms with Gasteiger partial charge in [0.15, 0.2) is 0 Å². The molecule has 0 spiro atoms. The fourth-order valence-corrected chi connectivity index (χ4v) is 4.04. The fourth-order valence-electron chi connectivity index (χ4n) is 2.52. The predicted octanol–water partition coefficient (Wildman–Crippen LogP) is 3.50. The first kappa shape index (κ1) is 15.7. The van der Waals surface area contributed by atoms with E-state index in [2.05, 4.69) is 21.2 Å². The van der Waals surface area contributed by atoms with Crippen LogP contribution in [0.25, 0.3) is 0 Å². The summed E-state index contributed by atoms with van der Waals surface area (Å²) in [5, 5.41) is 2.59. The molecule has 3 nitrogen and oxygen atoms in total. The normalized spacial score (nSPS) is 23.6. The van der Waals surface area contributed by atoms with Crippen LogP contribution >= 0.6 is 15.9 Å². The van der Waals surface area contributed by atoms with E-state index in [1.54, 1.807) is 0 Å². The van der Waals surface area contributed by atoms with Crippen molar-refractivity contribution >= 4 is 31.5 Å². The third kappa shape index (κ3) is 3.69. The monoisotopic (exact) mass is 367 g/mol. The molecule has 1 N–H and O–H groups in total. The summed E-state index contributed by atoms with van der Waals surface area (Å²) >= 11 is 3.01. The van der Waals surface area contributed by atoms with Gasteiger partial charge in [0.05, 0.1) is 15.4 Å². The minimum absolute atomic E-state index is 0.115. The second-order valence-corrected chi connectivity index (χ2v) is 8.39. The molecule has 0 bridgehead atoms. The maximum absolute atomic E-state index is 13.7. The molecule has 0 amide bonds. The summed E-state index contributed by atoms with van der Waals surface area (Å²) in [6.07, 6.45) is 3.88. The summed E-state index contributed by atoms with van der Waals surface area (Å²) in [5.41, 5.74) is 0.192. The summed E-state index contributed by atoms with van der Waals surface area (Å²) in [7, 11) is -3.08. The summed E-state index contributed by atoms with van der Waals surface area (Å²) in [6, 6.07) is 2.04. The first-order valence-corrected chi connectivity index (χ1v) is 9.12. The van der Waals surface area contributed by atoms with Crippen LogP contribution in [0.5, 0.6) is 0 Å². The molecule has 0 saturated heterocycles. The van der Waals surface area contributed by atoms with Gasteiger partial charge >= 0.3 is 0 Å². The molecule has 2 unspecified atom stereocenters. The van der Waals surface area contributed by atoms with E-state index in [4.69, 9.17) is 0 Å². The molecule has 1 saturated carbocycles. The highest BCUT2D eigenvalue weighted by molar-refractivity contribution is 9.10. The Morgan fingerprint density at radius 3 is 2.60 bits per heavy atom. The fraction of sp³-hybridized carbons (Fsp3) is 0.538. The van der Waals surface area contributed by atoms with Gasteiger partial charge in [-0.3, -0.25) is 0 Å². The quantitative estimate of drug-likeness (QED) is 0.831. The topological polar surface area (TPSA) is 46.2 Å². The Hall–Kier alpha value is -0.690. The van der Waals surface area contributed by atoms with E-state index in [9.17, 15) is 17.2 Å². The molecule has 2 atom stereocenters. The van der Waals surface area contributed by atoms with E-state index in [1.165, 1.54) is 12.3 Å². The van der Waals surface area contributed by atoms with E-state index in [0.717, 1.165) is 18.9 Å². The van der Waals surface area contributed by atoms with Gasteiger partial charge in [0.2, 0.25) is 0 Å². The van der Waals surface area contributed by atoms with Crippen LogP contribution in [0.3, 0.4) is 0 Å². The molecule has 7 heteroatoms. The molecule has 0 aliphatic heterocycles. The molecule has 20 heavy (non-hydrogen) atoms. The molecule has 2 rings (SSSR count). The second kappa shape index (κ2) is 5.97. The van der Waals surface area contributed by atoms with Crippen molar-refractivity contribution in [3.63, 3.8) is 0 Å². The molecule has 1 aliphatic rings. The number of hydrogen-bond acceptors (Lipinski definition) is 3. The lowest BCUT2D eigenvalue weighted by atomic mass is 9.94. The minimum atomic E-state index is -3.08. The molecular weight excluding hydrogens is 352 g/mol. The third-order valence-electron chi connectivity index (χ3n) is 3.60. The van der Waals surface area contributed by atoms with E-state index in [-0.39, 0.29) is 21.5 Å². The molecule has 0 heterocycles. The second-order valence-electron chi connectivity index (χ2n) is 5.21. The number of halogens is 3. The molecule has 1 aromatic carbocycles. The van der Waals surface area contributed by atoms with Gasteiger partial charge in [0.25, 0.3) is 0 Å². The molecule has 0 aromatic heterocycles. The number of nitrogens with one attached hydrogen (secondary N) is 1. The van der Waals surface area contributed by atoms with Gasteiger partial charge < -0.3 is 5.32 Å². The zero-order valence-corrected chi connectivity index (χ0v) is 13.4. The van der Waals surface area contributed by atoms with Crippen LogP contribution in [-0.2, 0) is 9.84 Å². The van der Waals surface area contributed by atoms with Crippen LogP contribution in [0, 0.1) is 11.6 Å². The highest BCUT2D eigenvalue weighted by atomic mass is 79.9. The molecular formula is C13H16BrF2NO2S. The molecule has 112 valence electrons. The van der Waals surface area contributed by atoms with E-state index in [1.807, 2.05) is 0 Å². The maximum atomic E-state index is 13.7. The molecule has 1 aromatic rings. The predicted molar refractivity (Wildman–Crippen MR) is 78.6 cm³/mol. The standard InChI is InChI=1S/C13H16BrF2NO2S/c1-20(18,19)9-4-2-3-8(5-9)17-13-6-10(14)11(15)7-12(13)16/h6-9,17H,2-5H2,1H3. The summed E-state index contributed by atoms with van der Waals surface area (Å²) in [6.45, 7) is 0. The highest BCUT2D eigenvalue weighted by Crippen LogP contribution is 2.29. The van der Waals surface area contributed by atoms with Crippen LogP contribution < -0.4 is 5.32 Å². The van der Waals surface area contributed by atoms with Gasteiger partial charge in [-0.15, -0.1) is 0 Å². The zero-order chi connectivity index (χ0) is 14.9. The minimum Gasteiger partial charge on any atom is -0.380 e. The molecule has 1 fully saturated rings. The molecule has 0 radical (unpaired) electrons. The van der Waals surface area contributed by atoms with Crippen LogP contribution in [0.2, 0.25) is 0 Å². The number of rotatable bonds is 3. The molecule has 1 aliphatic carbocycles. The number of anilines is 1. The summed E-state index contributed by atoms with van der Waals surface area (Å²) in [5.74, 6) is -1.34. The maximum Gasteiger partial charge on any atom is 0.150 e. The first-order chi connectivity index (χ1) is 9.27. The van der Waals surface area contributed by atoms with Gasteiger partial charge in [-0.25, -0.2) is 17.2 Å². The van der Waals surface area contributed by atoms with Gasteiger partial charge in [-0.05, 0) is 41.3 Å². The Morgan fingerprint density at radius 2 is 1.95 bits per heavy atom. The van der Waals surface area contributed by atoms with Crippen molar-refractivity contribution in [2.75, 3.05) is 11.6 Å². The van der Waals surface area contributed by atoms with Crippen LogP contribution in [0.4, 0.5) is 14.5 Å². The van der Waals surface area contributed by atoms with Crippen LogP contribution in [0.15, 0.2) is 16.6 Å². The van der Waals surface area contributed by atoms with Crippen molar-refractivity contribution in [2.45, 2.75) is 37.0 Å². The number of benzene rings is 1. The third-order valence-corrected chi connectivity index (χ3v) is 5.85. The van der Waals surface area contributed by atoms with Gasteiger partial charge in [0, 0.05) is 18.4 Å². The lowest BCUT2D eigenvalue weighted by molar-refractivity contribution is 0.451. The van der Waals surface area contributed by atoms with Crippen molar-refractivity contribution in [1.82, 2.24) is 0 Å². The van der Waals surface area contributed by atoms with Crippen molar-refractivity contribution in [3.05, 3.63) is 28.2 Å². The SMILES string of the molecule is CS(=O)(=O)C1CCCC(Nc2cc(Br)c(F)cc2F)C1. The number of sulfone groups is 1. The van der Waals surface area contributed by atoms with Gasteiger partial charge in [-0.1, -0.05) is 6.42 Å². The van der Waals surface area contributed by atoms with Crippen molar-refractivity contribution in [1.29, 1.82) is 0 Å².